The van der Waals surface area contributed by atoms with Gasteiger partial charge in [0.25, 0.3) is 7.82 Å². The molecule has 4 nitrogen and oxygen atoms in total. The molecule has 0 saturated heterocycles. The number of phosphoric ester groups is 1. The molecule has 0 saturated carbocycles. The van der Waals surface area contributed by atoms with E-state index in [0.717, 1.165) is 56.8 Å². The van der Waals surface area contributed by atoms with Crippen molar-refractivity contribution in [2.75, 3.05) is 13.2 Å². The van der Waals surface area contributed by atoms with Gasteiger partial charge in [0.15, 0.2) is 0 Å². The Kier molecular flexibility index (Phi) is 22.5. The molecular weight excluding hydrogens is 394 g/mol. The summed E-state index contributed by atoms with van der Waals surface area (Å²) in [4.78, 5) is 11.8. The molecule has 0 aliphatic heterocycles. The zero-order valence-corrected chi connectivity index (χ0v) is 19.6. The van der Waals surface area contributed by atoms with Crippen LogP contribution in [0.5, 0.6) is 0 Å². The molecular formula is C20H43NiO4P. The Morgan fingerprint density at radius 2 is 1.19 bits per heavy atom. The number of hydrogen-bond donors (Lipinski definition) is 0. The molecule has 0 aromatic rings. The topological polar surface area (TPSA) is 58.6 Å². The van der Waals surface area contributed by atoms with Gasteiger partial charge in [0.2, 0.25) is 0 Å². The van der Waals surface area contributed by atoms with Crippen LogP contribution < -0.4 is 4.89 Å². The van der Waals surface area contributed by atoms with Gasteiger partial charge in [-0.15, -0.1) is 0 Å². The van der Waals surface area contributed by atoms with E-state index in [2.05, 4.69) is 50.1 Å². The summed E-state index contributed by atoms with van der Waals surface area (Å²) in [6, 6.07) is 0. The van der Waals surface area contributed by atoms with Crippen LogP contribution in [-0.4, -0.2) is 13.2 Å². The van der Waals surface area contributed by atoms with Crippen LogP contribution in [0.4, 0.5) is 0 Å². The molecule has 0 heterocycles. The van der Waals surface area contributed by atoms with Crippen molar-refractivity contribution >= 4 is 7.82 Å². The summed E-state index contributed by atoms with van der Waals surface area (Å²) in [7, 11) is -4.14. The predicted octanol–water partition coefficient (Wildman–Crippen LogP) is 6.67. The second-order valence-electron chi connectivity index (χ2n) is 6.88. The van der Waals surface area contributed by atoms with Crippen LogP contribution in [0, 0.1) is 11.8 Å². The second-order valence-corrected chi connectivity index (χ2v) is 8.79. The molecule has 0 fully saturated rings. The van der Waals surface area contributed by atoms with Gasteiger partial charge in [-0.2, -0.15) is 0 Å². The standard InChI is InChI=1S/C16H35O4P.C4H9.Ni/c1-5-9-11-15(7-3)13-19-21(17,18)20-14-16(8-4)12-10-6-2;1-3-4-2;/h15-16H,5-14H2,1-4H3,(H,17,18);1,3-4H2,2H3;/q;;+1/p-1. The fourth-order valence-corrected chi connectivity index (χ4v) is 3.55. The van der Waals surface area contributed by atoms with Crippen molar-refractivity contribution in [3.8, 4) is 0 Å². The van der Waals surface area contributed by atoms with Crippen molar-refractivity contribution in [2.24, 2.45) is 11.8 Å². The summed E-state index contributed by atoms with van der Waals surface area (Å²) in [5.74, 6) is 0.607. The van der Waals surface area contributed by atoms with Gasteiger partial charge in [0, 0.05) is 0 Å². The van der Waals surface area contributed by atoms with Crippen molar-refractivity contribution in [2.45, 2.75) is 104 Å². The first-order chi connectivity index (χ1) is 12.4. The molecule has 2 unspecified atom stereocenters. The van der Waals surface area contributed by atoms with E-state index in [-0.39, 0.29) is 13.2 Å². The molecule has 0 aliphatic carbocycles. The Balaban J connectivity index is 0. The van der Waals surface area contributed by atoms with Crippen molar-refractivity contribution in [1.82, 2.24) is 0 Å². The van der Waals surface area contributed by atoms with Gasteiger partial charge in [0.05, 0.1) is 13.2 Å². The Bertz CT molecular complexity index is 303. The quantitative estimate of drug-likeness (QED) is 0.200. The van der Waals surface area contributed by atoms with E-state index in [9.17, 15) is 9.46 Å². The van der Waals surface area contributed by atoms with Crippen LogP contribution in [0.15, 0.2) is 0 Å². The van der Waals surface area contributed by atoms with Crippen LogP contribution in [0.1, 0.15) is 98.8 Å². The first kappa shape index (κ1) is 28.8. The maximum atomic E-state index is 11.8. The summed E-state index contributed by atoms with van der Waals surface area (Å²) in [6.07, 6.45) is 10.8. The monoisotopic (exact) mass is 436 g/mol. The first-order valence-electron chi connectivity index (χ1n) is 10.5. The van der Waals surface area contributed by atoms with E-state index in [0.29, 0.717) is 11.8 Å². The SMILES string of the molecule is CCCCC(CC)COP(=O)([O-])OCC(CC)CCCC.CCC[CH2][Ni+]. The van der Waals surface area contributed by atoms with Gasteiger partial charge in [-0.25, -0.2) is 0 Å². The Hall–Kier alpha value is 0.604. The fourth-order valence-electron chi connectivity index (χ4n) is 2.34. The van der Waals surface area contributed by atoms with Gasteiger partial charge in [0.1, 0.15) is 0 Å². The molecule has 26 heavy (non-hydrogen) atoms. The zero-order chi connectivity index (χ0) is 20.3. The van der Waals surface area contributed by atoms with Crippen LogP contribution in [0.3, 0.4) is 0 Å². The van der Waals surface area contributed by atoms with Gasteiger partial charge < -0.3 is 13.9 Å². The number of rotatable bonds is 16. The normalized spacial score (nSPS) is 15.7. The number of phosphoric acid groups is 1. The molecule has 0 aromatic carbocycles. The van der Waals surface area contributed by atoms with E-state index < -0.39 is 7.82 Å². The minimum absolute atomic E-state index is 0.253. The van der Waals surface area contributed by atoms with Gasteiger partial charge in [-0.05, 0) is 24.7 Å². The fraction of sp³-hybridized carbons (Fsp3) is 1.00. The third-order valence-electron chi connectivity index (χ3n) is 4.49. The van der Waals surface area contributed by atoms with Crippen LogP contribution in [0.2, 0.25) is 5.39 Å². The van der Waals surface area contributed by atoms with Crippen LogP contribution in [0.25, 0.3) is 0 Å². The molecule has 0 aromatic heterocycles. The summed E-state index contributed by atoms with van der Waals surface area (Å²) >= 11 is 4.41. The zero-order valence-electron chi connectivity index (χ0n) is 17.7. The second kappa shape index (κ2) is 20.3. The predicted molar refractivity (Wildman–Crippen MR) is 106 cm³/mol. The number of hydrogen-bond acceptors (Lipinski definition) is 4. The summed E-state index contributed by atoms with van der Waals surface area (Å²) < 4.78 is 21.9. The van der Waals surface area contributed by atoms with Gasteiger partial charge >= 0.3 is 40.6 Å². The molecule has 6 heteroatoms. The molecule has 0 amide bonds. The van der Waals surface area contributed by atoms with E-state index in [1.807, 2.05) is 0 Å². The first-order valence-corrected chi connectivity index (χ1v) is 12.7. The van der Waals surface area contributed by atoms with Crippen LogP contribution in [-0.2, 0) is 29.1 Å². The van der Waals surface area contributed by atoms with E-state index in [4.69, 9.17) is 9.05 Å². The van der Waals surface area contributed by atoms with E-state index in [1.54, 1.807) is 0 Å². The third kappa shape index (κ3) is 19.4. The molecule has 162 valence electrons. The van der Waals surface area contributed by atoms with Crippen molar-refractivity contribution in [1.29, 1.82) is 0 Å². The summed E-state index contributed by atoms with van der Waals surface area (Å²) in [6.45, 7) is 11.1. The molecule has 0 bridgehead atoms. The molecule has 0 N–H and O–H groups in total. The van der Waals surface area contributed by atoms with Crippen molar-refractivity contribution in [3.05, 3.63) is 0 Å². The minimum atomic E-state index is -4.14. The summed E-state index contributed by atoms with van der Waals surface area (Å²) in [5.41, 5.74) is 0. The number of unbranched alkanes of at least 4 members (excludes halogenated alkanes) is 3. The molecule has 0 rings (SSSR count). The molecule has 0 spiro atoms. The van der Waals surface area contributed by atoms with E-state index in [1.165, 1.54) is 12.8 Å². The molecule has 0 aliphatic rings. The Labute approximate surface area is 171 Å². The van der Waals surface area contributed by atoms with Gasteiger partial charge in [-0.1, -0.05) is 66.2 Å². The van der Waals surface area contributed by atoms with Crippen molar-refractivity contribution in [3.63, 3.8) is 0 Å². The maximum absolute atomic E-state index is 11.8. The summed E-state index contributed by atoms with van der Waals surface area (Å²) in [5, 5.41) is 0.969. The van der Waals surface area contributed by atoms with Gasteiger partial charge in [-0.3, -0.25) is 4.57 Å². The van der Waals surface area contributed by atoms with Crippen molar-refractivity contribution < 1.29 is 34.0 Å². The Morgan fingerprint density at radius 1 is 0.808 bits per heavy atom. The van der Waals surface area contributed by atoms with E-state index >= 15 is 0 Å². The van der Waals surface area contributed by atoms with Crippen LogP contribution >= 0.6 is 7.82 Å². The third-order valence-corrected chi connectivity index (χ3v) is 5.77. The average molecular weight is 437 g/mol. The molecule has 0 radical (unpaired) electrons. The average Bonchev–Trinajstić information content (AvgIpc) is 2.63. The molecule has 2 atom stereocenters. The Morgan fingerprint density at radius 3 is 1.42 bits per heavy atom.